The van der Waals surface area contributed by atoms with Crippen molar-refractivity contribution in [3.05, 3.63) is 124 Å². The van der Waals surface area contributed by atoms with Gasteiger partial charge in [0, 0.05) is 53.8 Å². The average molecular weight is 621 g/mol. The van der Waals surface area contributed by atoms with Gasteiger partial charge in [-0.2, -0.15) is 0 Å². The van der Waals surface area contributed by atoms with Crippen LogP contribution in [0.1, 0.15) is 41.1 Å². The largest absolute Gasteiger partial charge is 0.495 e. The van der Waals surface area contributed by atoms with Crippen LogP contribution in [0.15, 0.2) is 91.1 Å². The number of aryl methyl sites for hydroxylation is 1. The Hall–Kier alpha value is -5.29. The molecule has 0 unspecified atom stereocenters. The van der Waals surface area contributed by atoms with Crippen LogP contribution in [0.25, 0.3) is 16.5 Å². The van der Waals surface area contributed by atoms with Crippen molar-refractivity contribution in [3.8, 4) is 11.4 Å². The zero-order chi connectivity index (χ0) is 31.7. The van der Waals surface area contributed by atoms with Crippen molar-refractivity contribution in [1.29, 1.82) is 0 Å². The standard InChI is InChI=1S/C34H32N6O4S/c1-21-19-26(22(2)39(21)29-20-24(40(42)43)14-15-30(29)44-3)33-32(28-12-6-7-17-35-28)37-34(45)38(33)18-16-31(41)36-27-13-8-10-23-9-4-5-11-25(23)27/h4-15,17,19-20,32-33H,16,18H2,1-3H3,(H,36,41)(H,37,45)/t32-,33+/m1/s1. The molecule has 2 N–H and O–H groups in total. The van der Waals surface area contributed by atoms with Gasteiger partial charge in [-0.15, -0.1) is 0 Å². The number of hydrogen-bond acceptors (Lipinski definition) is 6. The molecule has 11 heteroatoms. The lowest BCUT2D eigenvalue weighted by Crippen LogP contribution is -2.33. The number of hydrogen-bond donors (Lipinski definition) is 2. The summed E-state index contributed by atoms with van der Waals surface area (Å²) < 4.78 is 7.57. The van der Waals surface area contributed by atoms with Crippen LogP contribution in [0.3, 0.4) is 0 Å². The Kier molecular flexibility index (Phi) is 8.18. The zero-order valence-electron chi connectivity index (χ0n) is 25.1. The fraction of sp³-hybridized carbons (Fsp3) is 0.206. The summed E-state index contributed by atoms with van der Waals surface area (Å²) in [4.78, 5) is 31.2. The number of nitrogens with zero attached hydrogens (tertiary/aromatic N) is 4. The molecule has 1 aliphatic heterocycles. The molecule has 3 heterocycles. The van der Waals surface area contributed by atoms with Gasteiger partial charge in [0.15, 0.2) is 5.11 Å². The van der Waals surface area contributed by atoms with Gasteiger partial charge in [-0.1, -0.05) is 42.5 Å². The molecule has 2 aromatic heterocycles. The number of rotatable bonds is 9. The maximum atomic E-state index is 13.3. The Morgan fingerprint density at radius 1 is 1.07 bits per heavy atom. The summed E-state index contributed by atoms with van der Waals surface area (Å²) in [5, 5.41) is 20.7. The van der Waals surface area contributed by atoms with E-state index < -0.39 is 4.92 Å². The van der Waals surface area contributed by atoms with Gasteiger partial charge < -0.3 is 24.8 Å². The van der Waals surface area contributed by atoms with Crippen molar-refractivity contribution < 1.29 is 14.5 Å². The zero-order valence-corrected chi connectivity index (χ0v) is 25.9. The highest BCUT2D eigenvalue weighted by Crippen LogP contribution is 2.42. The molecule has 1 saturated heterocycles. The Morgan fingerprint density at radius 3 is 2.60 bits per heavy atom. The number of nitro benzene ring substituents is 1. The summed E-state index contributed by atoms with van der Waals surface area (Å²) >= 11 is 5.85. The summed E-state index contributed by atoms with van der Waals surface area (Å²) in [6.45, 7) is 4.29. The van der Waals surface area contributed by atoms with E-state index in [1.165, 1.54) is 12.1 Å². The van der Waals surface area contributed by atoms with Crippen molar-refractivity contribution in [3.63, 3.8) is 0 Å². The summed E-state index contributed by atoms with van der Waals surface area (Å²) in [6.07, 6.45) is 1.95. The van der Waals surface area contributed by atoms with Crippen molar-refractivity contribution in [1.82, 2.24) is 19.8 Å². The molecule has 0 saturated carbocycles. The predicted molar refractivity (Wildman–Crippen MR) is 178 cm³/mol. The van der Waals surface area contributed by atoms with Gasteiger partial charge >= 0.3 is 0 Å². The maximum Gasteiger partial charge on any atom is 0.271 e. The number of thiocarbonyl (C=S) groups is 1. The molecule has 0 aliphatic carbocycles. The van der Waals surface area contributed by atoms with Crippen LogP contribution in [0, 0.1) is 24.0 Å². The van der Waals surface area contributed by atoms with Gasteiger partial charge in [0.05, 0.1) is 35.5 Å². The maximum absolute atomic E-state index is 13.3. The molecule has 45 heavy (non-hydrogen) atoms. The molecule has 1 amide bonds. The smallest absolute Gasteiger partial charge is 0.271 e. The molecule has 6 rings (SSSR count). The van der Waals surface area contributed by atoms with E-state index in [0.29, 0.717) is 23.1 Å². The quantitative estimate of drug-likeness (QED) is 0.108. The van der Waals surface area contributed by atoms with Crippen molar-refractivity contribution in [2.75, 3.05) is 19.0 Å². The predicted octanol–water partition coefficient (Wildman–Crippen LogP) is 6.56. The van der Waals surface area contributed by atoms with E-state index in [4.69, 9.17) is 17.0 Å². The number of benzene rings is 3. The fourth-order valence-corrected chi connectivity index (χ4v) is 6.51. The minimum absolute atomic E-state index is 0.0336. The number of aromatic nitrogens is 2. The number of pyridine rings is 1. The van der Waals surface area contributed by atoms with E-state index in [2.05, 4.69) is 21.7 Å². The van der Waals surface area contributed by atoms with Crippen LogP contribution in [-0.4, -0.2) is 44.0 Å². The highest BCUT2D eigenvalue weighted by Gasteiger charge is 2.41. The Morgan fingerprint density at radius 2 is 1.84 bits per heavy atom. The van der Waals surface area contributed by atoms with Crippen molar-refractivity contribution in [2.24, 2.45) is 0 Å². The van der Waals surface area contributed by atoms with Gasteiger partial charge in [0.25, 0.3) is 5.69 Å². The van der Waals surface area contributed by atoms with Crippen LogP contribution in [-0.2, 0) is 4.79 Å². The fourth-order valence-electron chi connectivity index (χ4n) is 6.18. The summed E-state index contributed by atoms with van der Waals surface area (Å²) in [5.41, 5.74) is 4.80. The Balaban J connectivity index is 1.35. The second kappa shape index (κ2) is 12.4. The molecule has 0 bridgehead atoms. The molecule has 3 aromatic carbocycles. The van der Waals surface area contributed by atoms with Gasteiger partial charge in [-0.3, -0.25) is 19.9 Å². The minimum Gasteiger partial charge on any atom is -0.495 e. The number of amides is 1. The SMILES string of the molecule is COc1ccc([N+](=O)[O-])cc1-n1c(C)cc([C@H]2[C@@H](c3ccccn3)NC(=S)N2CCC(=O)Nc2cccc3ccccc23)c1C. The summed E-state index contributed by atoms with van der Waals surface area (Å²) in [7, 11) is 1.54. The van der Waals surface area contributed by atoms with Gasteiger partial charge in [-0.25, -0.2) is 0 Å². The molecular formula is C34H32N6O4S. The molecule has 10 nitrogen and oxygen atoms in total. The van der Waals surface area contributed by atoms with E-state index in [9.17, 15) is 14.9 Å². The van der Waals surface area contributed by atoms with E-state index >= 15 is 0 Å². The minimum atomic E-state index is -0.417. The lowest BCUT2D eigenvalue weighted by atomic mass is 9.96. The van der Waals surface area contributed by atoms with E-state index in [0.717, 1.165) is 39.1 Å². The third-order valence-electron chi connectivity index (χ3n) is 8.24. The number of methoxy groups -OCH3 is 1. The summed E-state index contributed by atoms with van der Waals surface area (Å²) in [6, 6.07) is 25.5. The van der Waals surface area contributed by atoms with E-state index in [1.54, 1.807) is 19.4 Å². The van der Waals surface area contributed by atoms with Gasteiger partial charge in [-0.05, 0) is 67.3 Å². The molecule has 0 spiro atoms. The lowest BCUT2D eigenvalue weighted by molar-refractivity contribution is -0.384. The third-order valence-corrected chi connectivity index (χ3v) is 8.60. The number of nitrogens with one attached hydrogen (secondary N) is 2. The molecule has 228 valence electrons. The highest BCUT2D eigenvalue weighted by molar-refractivity contribution is 7.80. The number of carbonyl (C=O) groups excluding carboxylic acids is 1. The van der Waals surface area contributed by atoms with Crippen LogP contribution >= 0.6 is 12.2 Å². The molecule has 2 atom stereocenters. The first-order valence-corrected chi connectivity index (χ1v) is 14.9. The average Bonchev–Trinajstić information content (AvgIpc) is 3.53. The van der Waals surface area contributed by atoms with Crippen molar-refractivity contribution in [2.45, 2.75) is 32.4 Å². The van der Waals surface area contributed by atoms with Gasteiger partial charge in [0.1, 0.15) is 5.75 Å². The number of ether oxygens (including phenoxy) is 1. The first-order valence-electron chi connectivity index (χ1n) is 14.5. The molecule has 1 aliphatic rings. The monoisotopic (exact) mass is 620 g/mol. The lowest BCUT2D eigenvalue weighted by Gasteiger charge is -2.28. The second-order valence-corrected chi connectivity index (χ2v) is 11.3. The molecule has 1 fully saturated rings. The van der Waals surface area contributed by atoms with Crippen LogP contribution in [0.4, 0.5) is 11.4 Å². The number of anilines is 1. The molecule has 5 aromatic rings. The van der Waals surface area contributed by atoms with E-state index in [-0.39, 0.29) is 30.1 Å². The van der Waals surface area contributed by atoms with Crippen LogP contribution < -0.4 is 15.4 Å². The van der Waals surface area contributed by atoms with Crippen LogP contribution in [0.2, 0.25) is 0 Å². The number of non-ortho nitro benzene ring substituents is 1. The normalized spacial score (nSPS) is 16.1. The first kappa shape index (κ1) is 29.8. The number of fused-ring (bicyclic) bond motifs is 1. The summed E-state index contributed by atoms with van der Waals surface area (Å²) in [5.74, 6) is 0.387. The highest BCUT2D eigenvalue weighted by atomic mass is 32.1. The van der Waals surface area contributed by atoms with E-state index in [1.807, 2.05) is 84.0 Å². The first-order chi connectivity index (χ1) is 21.8. The van der Waals surface area contributed by atoms with Crippen molar-refractivity contribution >= 4 is 45.4 Å². The Bertz CT molecular complexity index is 1920. The number of carbonyl (C=O) groups is 1. The topological polar surface area (TPSA) is 115 Å². The third kappa shape index (κ3) is 5.69. The molecule has 0 radical (unpaired) electrons. The Labute approximate surface area is 265 Å². The molecular weight excluding hydrogens is 588 g/mol. The number of nitro groups is 1. The second-order valence-electron chi connectivity index (χ2n) is 10.9. The van der Waals surface area contributed by atoms with Crippen LogP contribution in [0.5, 0.6) is 5.75 Å². The van der Waals surface area contributed by atoms with Gasteiger partial charge in [0.2, 0.25) is 5.91 Å².